The largest absolute Gasteiger partial charge is 0.393 e. The summed E-state index contributed by atoms with van der Waals surface area (Å²) in [4.78, 5) is 10.5. The molecule has 2 bridgehead atoms. The molecule has 0 aromatic heterocycles. The van der Waals surface area contributed by atoms with Gasteiger partial charge in [0.2, 0.25) is 0 Å². The molecule has 3 atom stereocenters. The van der Waals surface area contributed by atoms with Gasteiger partial charge in [-0.05, 0) is 42.6 Å². The molecule has 3 unspecified atom stereocenters. The van der Waals surface area contributed by atoms with E-state index in [0.717, 1.165) is 51.5 Å². The van der Waals surface area contributed by atoms with Gasteiger partial charge in [-0.1, -0.05) is 56.3 Å². The van der Waals surface area contributed by atoms with Crippen molar-refractivity contribution in [1.29, 1.82) is 0 Å². The summed E-state index contributed by atoms with van der Waals surface area (Å²) in [6.07, 6.45) is 4.20. The van der Waals surface area contributed by atoms with Gasteiger partial charge in [0.05, 0.1) is 5.71 Å². The van der Waals surface area contributed by atoms with Gasteiger partial charge in [0.15, 0.2) is 0 Å². The number of fused-ring (bicyclic) bond motifs is 2. The van der Waals surface area contributed by atoms with E-state index >= 15 is 0 Å². The highest BCUT2D eigenvalue weighted by Crippen LogP contribution is 2.63. The molecule has 30 heavy (non-hydrogen) atoms. The molecule has 5 heteroatoms. The van der Waals surface area contributed by atoms with Gasteiger partial charge in [0.25, 0.3) is 0 Å². The van der Waals surface area contributed by atoms with Gasteiger partial charge in [0, 0.05) is 44.7 Å². The molecule has 3 aliphatic rings. The summed E-state index contributed by atoms with van der Waals surface area (Å²) in [7, 11) is 0. The molecular formula is C25H39N3O2. The summed E-state index contributed by atoms with van der Waals surface area (Å²) in [6, 6.07) is 10.7. The monoisotopic (exact) mass is 413 g/mol. The normalized spacial score (nSPS) is 31.3. The van der Waals surface area contributed by atoms with Crippen molar-refractivity contribution >= 4 is 5.71 Å². The second kappa shape index (κ2) is 8.97. The van der Waals surface area contributed by atoms with Crippen molar-refractivity contribution < 1.29 is 9.94 Å². The zero-order valence-corrected chi connectivity index (χ0v) is 19.0. The minimum atomic E-state index is -0.482. The lowest BCUT2D eigenvalue weighted by molar-refractivity contribution is 0.00796. The number of hydrogen-bond acceptors (Lipinski definition) is 5. The first-order valence-corrected chi connectivity index (χ1v) is 11.7. The molecule has 166 valence electrons. The first-order valence-electron chi connectivity index (χ1n) is 11.7. The van der Waals surface area contributed by atoms with Crippen LogP contribution in [-0.4, -0.2) is 72.6 Å². The van der Waals surface area contributed by atoms with Crippen LogP contribution in [0.1, 0.15) is 45.6 Å². The number of β-amino-alcohol motifs (C(OH)–C–C–N with tert-alkyl or cyclic N) is 1. The summed E-state index contributed by atoms with van der Waals surface area (Å²) in [5.74, 6) is 0.730. The average molecular weight is 414 g/mol. The van der Waals surface area contributed by atoms with Gasteiger partial charge in [-0.15, -0.1) is 0 Å². The van der Waals surface area contributed by atoms with Gasteiger partial charge in [-0.3, -0.25) is 4.90 Å². The molecule has 1 N–H and O–H groups in total. The van der Waals surface area contributed by atoms with Crippen molar-refractivity contribution in [3.63, 3.8) is 0 Å². The quantitative estimate of drug-likeness (QED) is 0.664. The predicted octanol–water partition coefficient (Wildman–Crippen LogP) is 3.43. The number of oxime groups is 1. The van der Waals surface area contributed by atoms with Crippen molar-refractivity contribution in [3.05, 3.63) is 35.9 Å². The molecule has 0 radical (unpaired) electrons. The third-order valence-electron chi connectivity index (χ3n) is 8.45. The summed E-state index contributed by atoms with van der Waals surface area (Å²) >= 11 is 0. The number of benzene rings is 1. The molecule has 5 nitrogen and oxygen atoms in total. The van der Waals surface area contributed by atoms with Crippen LogP contribution in [-0.2, 0) is 11.3 Å². The van der Waals surface area contributed by atoms with E-state index in [1.807, 2.05) is 0 Å². The van der Waals surface area contributed by atoms with Crippen LogP contribution >= 0.6 is 0 Å². The van der Waals surface area contributed by atoms with Gasteiger partial charge >= 0.3 is 0 Å². The molecular weight excluding hydrogens is 374 g/mol. The fourth-order valence-electron chi connectivity index (χ4n) is 5.75. The number of hydrogen-bond donors (Lipinski definition) is 1. The minimum absolute atomic E-state index is 0.165. The minimum Gasteiger partial charge on any atom is -0.393 e. The number of nitrogens with zero attached hydrogens (tertiary/aromatic N) is 3. The van der Waals surface area contributed by atoms with Crippen LogP contribution in [0.3, 0.4) is 0 Å². The van der Waals surface area contributed by atoms with Crippen LogP contribution in [0.2, 0.25) is 0 Å². The van der Waals surface area contributed by atoms with E-state index < -0.39 is 6.10 Å². The molecule has 4 rings (SSSR count). The Labute approximate surface area is 182 Å². The Bertz CT molecular complexity index is 727. The van der Waals surface area contributed by atoms with Gasteiger partial charge in [-0.2, -0.15) is 0 Å². The average Bonchev–Trinajstić information content (AvgIpc) is 3.08. The number of piperazine rings is 1. The lowest BCUT2D eigenvalue weighted by Crippen LogP contribution is -2.49. The van der Waals surface area contributed by atoms with Crippen LogP contribution in [0, 0.1) is 16.7 Å². The zero-order chi connectivity index (χ0) is 21.2. The summed E-state index contributed by atoms with van der Waals surface area (Å²) in [5, 5.41) is 14.9. The number of aliphatic hydroxyl groups excluding tert-OH is 1. The topological polar surface area (TPSA) is 48.3 Å². The second-order valence-corrected chi connectivity index (χ2v) is 10.4. The Morgan fingerprint density at radius 1 is 1.10 bits per heavy atom. The van der Waals surface area contributed by atoms with E-state index in [0.29, 0.717) is 18.6 Å². The zero-order valence-electron chi connectivity index (χ0n) is 19.0. The highest BCUT2D eigenvalue weighted by Gasteiger charge is 2.60. The van der Waals surface area contributed by atoms with Gasteiger partial charge in [0.1, 0.15) is 12.7 Å². The van der Waals surface area contributed by atoms with Crippen LogP contribution in [0.25, 0.3) is 0 Å². The van der Waals surface area contributed by atoms with Crippen molar-refractivity contribution in [1.82, 2.24) is 9.80 Å². The Balaban J connectivity index is 1.15. The van der Waals surface area contributed by atoms with E-state index in [1.165, 1.54) is 24.1 Å². The second-order valence-electron chi connectivity index (χ2n) is 10.4. The van der Waals surface area contributed by atoms with Gasteiger partial charge in [-0.25, -0.2) is 0 Å². The van der Waals surface area contributed by atoms with E-state index in [2.05, 4.69) is 66.1 Å². The molecule has 1 saturated heterocycles. The highest BCUT2D eigenvalue weighted by atomic mass is 16.6. The molecule has 3 fully saturated rings. The molecule has 1 aromatic rings. The van der Waals surface area contributed by atoms with E-state index in [1.54, 1.807) is 0 Å². The summed E-state index contributed by atoms with van der Waals surface area (Å²) in [6.45, 7) is 13.3. The Hall–Kier alpha value is -1.43. The smallest absolute Gasteiger partial charge is 0.144 e. The predicted molar refractivity (Wildman–Crippen MR) is 122 cm³/mol. The maximum Gasteiger partial charge on any atom is 0.144 e. The van der Waals surface area contributed by atoms with Crippen LogP contribution in [0.4, 0.5) is 0 Å². The maximum absolute atomic E-state index is 10.4. The van der Waals surface area contributed by atoms with Crippen LogP contribution < -0.4 is 0 Å². The SMILES string of the molecule is CC12CCC(CC1=NOCC(O)CN1CCN(CCc3ccccc3)CC1)C2(C)C. The van der Waals surface area contributed by atoms with E-state index in [-0.39, 0.29) is 5.41 Å². The fourth-order valence-corrected chi connectivity index (χ4v) is 5.75. The highest BCUT2D eigenvalue weighted by molar-refractivity contribution is 5.93. The Morgan fingerprint density at radius 2 is 1.80 bits per heavy atom. The van der Waals surface area contributed by atoms with E-state index in [4.69, 9.17) is 4.84 Å². The molecule has 2 saturated carbocycles. The number of aliphatic hydroxyl groups is 1. The maximum atomic E-state index is 10.4. The first-order chi connectivity index (χ1) is 14.4. The Kier molecular flexibility index (Phi) is 6.52. The summed E-state index contributed by atoms with van der Waals surface area (Å²) in [5.41, 5.74) is 3.09. The molecule has 2 aliphatic carbocycles. The van der Waals surface area contributed by atoms with Crippen LogP contribution in [0.5, 0.6) is 0 Å². The van der Waals surface area contributed by atoms with Gasteiger partial charge < -0.3 is 14.8 Å². The Morgan fingerprint density at radius 3 is 2.43 bits per heavy atom. The molecule has 1 aromatic carbocycles. The van der Waals surface area contributed by atoms with Crippen molar-refractivity contribution in [2.24, 2.45) is 21.9 Å². The molecule has 1 aliphatic heterocycles. The third kappa shape index (κ3) is 4.44. The van der Waals surface area contributed by atoms with Crippen molar-refractivity contribution in [2.75, 3.05) is 45.9 Å². The lowest BCUT2D eigenvalue weighted by Gasteiger charge is -2.35. The van der Waals surface area contributed by atoms with Crippen molar-refractivity contribution in [2.45, 2.75) is 52.6 Å². The number of rotatable bonds is 8. The van der Waals surface area contributed by atoms with E-state index in [9.17, 15) is 5.11 Å². The lowest BCUT2D eigenvalue weighted by atomic mass is 9.70. The molecule has 0 amide bonds. The van der Waals surface area contributed by atoms with Crippen molar-refractivity contribution in [3.8, 4) is 0 Å². The first kappa shape index (κ1) is 21.8. The summed E-state index contributed by atoms with van der Waals surface area (Å²) < 4.78 is 0. The molecule has 1 heterocycles. The third-order valence-corrected chi connectivity index (χ3v) is 8.45. The van der Waals surface area contributed by atoms with Crippen LogP contribution in [0.15, 0.2) is 35.5 Å². The fraction of sp³-hybridized carbons (Fsp3) is 0.720. The standard InChI is InChI=1S/C25H39N3O2/c1-24(2)21-9-11-25(24,3)23(17-21)26-30-19-22(29)18-28-15-13-27(14-16-28)12-10-20-7-5-4-6-8-20/h4-8,21-22,29H,9-19H2,1-3H3. The molecule has 0 spiro atoms.